The first-order valence-corrected chi connectivity index (χ1v) is 9.63. The van der Waals surface area contributed by atoms with Crippen LogP contribution in [0, 0.1) is 0 Å². The van der Waals surface area contributed by atoms with Crippen LogP contribution >= 0.6 is 11.6 Å². The van der Waals surface area contributed by atoms with Crippen molar-refractivity contribution in [1.82, 2.24) is 0 Å². The van der Waals surface area contributed by atoms with Gasteiger partial charge in [0.1, 0.15) is 28.7 Å². The molecule has 2 aliphatic rings. The molecule has 0 amide bonds. The normalized spacial score (nSPS) is 14.7. The van der Waals surface area contributed by atoms with Crippen LogP contribution in [0.15, 0.2) is 36.4 Å². The van der Waals surface area contributed by atoms with Gasteiger partial charge in [0.25, 0.3) is 0 Å². The zero-order chi connectivity index (χ0) is 22.8. The highest BCUT2D eigenvalue weighted by atomic mass is 35.5. The van der Waals surface area contributed by atoms with E-state index >= 15 is 0 Å². The van der Waals surface area contributed by atoms with Crippen molar-refractivity contribution in [1.29, 1.82) is 0 Å². The van der Waals surface area contributed by atoms with E-state index in [-0.39, 0.29) is 56.2 Å². The largest absolute Gasteiger partial charge is 0.508 e. The third-order valence-corrected chi connectivity index (χ3v) is 5.96. The monoisotopic (exact) mass is 456 g/mol. The van der Waals surface area contributed by atoms with E-state index in [1.54, 1.807) is 12.1 Å². The summed E-state index contributed by atoms with van der Waals surface area (Å²) in [6.07, 6.45) is 0. The molecule has 11 nitrogen and oxygen atoms in total. The topological polar surface area (TPSA) is 190 Å². The lowest BCUT2D eigenvalue weighted by molar-refractivity contribution is 0.0225. The predicted molar refractivity (Wildman–Crippen MR) is 116 cm³/mol. The van der Waals surface area contributed by atoms with Gasteiger partial charge >= 0.3 is 5.97 Å². The highest BCUT2D eigenvalue weighted by molar-refractivity contribution is 6.36. The van der Waals surface area contributed by atoms with Gasteiger partial charge in [-0.1, -0.05) is 11.6 Å². The molecule has 11 N–H and O–H groups in total. The van der Waals surface area contributed by atoms with Crippen molar-refractivity contribution in [2.45, 2.75) is 5.60 Å². The highest BCUT2D eigenvalue weighted by Gasteiger charge is 2.56. The van der Waals surface area contributed by atoms with Crippen LogP contribution in [0.3, 0.4) is 0 Å². The van der Waals surface area contributed by atoms with Gasteiger partial charge in [-0.05, 0) is 24.3 Å². The molecule has 0 atom stereocenters. The molecule has 0 saturated carbocycles. The Balaban J connectivity index is 1.97. The van der Waals surface area contributed by atoms with Gasteiger partial charge in [-0.15, -0.1) is 0 Å². The number of nitrogens with two attached hydrogens (primary N) is 3. The van der Waals surface area contributed by atoms with E-state index in [4.69, 9.17) is 38.6 Å². The van der Waals surface area contributed by atoms with E-state index in [9.17, 15) is 15.0 Å². The summed E-state index contributed by atoms with van der Waals surface area (Å²) in [5, 5.41) is 20.1. The lowest BCUT2D eigenvalue weighted by Crippen LogP contribution is -2.33. The molecule has 3 aromatic rings. The third-order valence-electron chi connectivity index (χ3n) is 5.58. The van der Waals surface area contributed by atoms with Crippen LogP contribution in [0.4, 0.5) is 17.1 Å². The fourth-order valence-electron chi connectivity index (χ4n) is 4.33. The molecule has 2 aliphatic heterocycles. The molecule has 0 unspecified atom stereocenters. The van der Waals surface area contributed by atoms with E-state index in [1.807, 2.05) is 0 Å². The number of halogens is 1. The summed E-state index contributed by atoms with van der Waals surface area (Å²) >= 11 is 6.77. The lowest BCUT2D eigenvalue weighted by atomic mass is 9.77. The zero-order valence-electron chi connectivity index (χ0n) is 16.2. The summed E-state index contributed by atoms with van der Waals surface area (Å²) < 4.78 is 11.9. The number of benzene rings is 3. The average Bonchev–Trinajstić information content (AvgIpc) is 3.06. The number of esters is 1. The molecule has 0 saturated heterocycles. The minimum absolute atomic E-state index is 0.0319. The van der Waals surface area contributed by atoms with Crippen LogP contribution in [0.1, 0.15) is 27.0 Å². The van der Waals surface area contributed by atoms with Gasteiger partial charge in [-0.25, -0.2) is 4.79 Å². The molecule has 3 aromatic carbocycles. The maximum absolute atomic E-state index is 13.3. The molecule has 12 heteroatoms. The second-order valence-electron chi connectivity index (χ2n) is 7.16. The first-order chi connectivity index (χ1) is 15.4. The molecule has 0 fully saturated rings. The number of nitrogen functional groups attached to an aromatic ring is 3. The maximum atomic E-state index is 13.3. The molecule has 1 spiro atoms. The van der Waals surface area contributed by atoms with Crippen LogP contribution in [-0.4, -0.2) is 16.2 Å². The molecular weight excluding hydrogens is 440 g/mol. The Morgan fingerprint density at radius 2 is 1.38 bits per heavy atom. The molecule has 0 bridgehead atoms. The molecule has 32 heavy (non-hydrogen) atoms. The number of carbonyl (C=O) groups excluding carboxylic acids is 1. The Labute approximate surface area is 185 Å². The fourth-order valence-corrected chi connectivity index (χ4v) is 4.71. The van der Waals surface area contributed by atoms with E-state index in [1.165, 1.54) is 24.3 Å². The SMILES string of the molecule is NNc1c(Cl)c2c(c(NN)c1NN)C(=O)OC21c2ccc(O)cc2Oc2cc(O)ccc21. The molecule has 2 heterocycles. The lowest BCUT2D eigenvalue weighted by Gasteiger charge is -2.37. The quantitative estimate of drug-likeness (QED) is 0.164. The van der Waals surface area contributed by atoms with E-state index in [0.717, 1.165) is 0 Å². The molecule has 164 valence electrons. The number of aromatic hydroxyl groups is 2. The van der Waals surface area contributed by atoms with Gasteiger partial charge in [0.2, 0.25) is 0 Å². The Kier molecular flexibility index (Phi) is 4.26. The van der Waals surface area contributed by atoms with E-state index < -0.39 is 11.6 Å². The summed E-state index contributed by atoms with van der Waals surface area (Å²) in [6.45, 7) is 0. The predicted octanol–water partition coefficient (Wildman–Crippen LogP) is 2.18. The minimum Gasteiger partial charge on any atom is -0.508 e. The summed E-state index contributed by atoms with van der Waals surface area (Å²) in [6, 6.07) is 8.69. The minimum atomic E-state index is -1.60. The number of hydrogen-bond acceptors (Lipinski definition) is 11. The van der Waals surface area contributed by atoms with Crippen molar-refractivity contribution < 1.29 is 24.5 Å². The summed E-state index contributed by atoms with van der Waals surface area (Å²) in [5.74, 6) is 16.6. The number of phenols is 2. The van der Waals surface area contributed by atoms with Gasteiger partial charge in [0.05, 0.1) is 22.0 Å². The standard InChI is InChI=1S/C20H17ClN6O5/c21-15-14-13(16(25-22)18(27-24)17(15)26-23)19(30)32-20(14)9-3-1-7(28)5-11(9)31-12-6-8(29)2-4-10(12)20/h1-6,25-29H,22-24H2. The van der Waals surface area contributed by atoms with Crippen molar-refractivity contribution in [3.05, 3.63) is 63.7 Å². The molecule has 0 aromatic heterocycles. The smallest absolute Gasteiger partial charge is 0.342 e. The Morgan fingerprint density at radius 1 is 0.844 bits per heavy atom. The number of rotatable bonds is 3. The van der Waals surface area contributed by atoms with Gasteiger partial charge in [0.15, 0.2) is 5.60 Å². The second kappa shape index (κ2) is 6.80. The van der Waals surface area contributed by atoms with Crippen molar-refractivity contribution >= 4 is 34.6 Å². The Morgan fingerprint density at radius 3 is 1.88 bits per heavy atom. The Bertz CT molecular complexity index is 1260. The number of nitrogens with one attached hydrogen (secondary N) is 3. The van der Waals surface area contributed by atoms with Gasteiger partial charge in [-0.2, -0.15) is 0 Å². The number of anilines is 3. The highest BCUT2D eigenvalue weighted by Crippen LogP contribution is 2.61. The number of phenolic OH excluding ortho intramolecular Hbond substituents is 2. The van der Waals surface area contributed by atoms with Crippen LogP contribution in [0.25, 0.3) is 0 Å². The second-order valence-corrected chi connectivity index (χ2v) is 7.53. The molecular formula is C20H17ClN6O5. The van der Waals surface area contributed by atoms with Crippen molar-refractivity contribution in [3.8, 4) is 23.0 Å². The first-order valence-electron chi connectivity index (χ1n) is 9.25. The molecule has 0 radical (unpaired) electrons. The summed E-state index contributed by atoms with van der Waals surface area (Å²) in [5.41, 5.74) is 7.22. The fraction of sp³-hybridized carbons (Fsp3) is 0.0500. The van der Waals surface area contributed by atoms with E-state index in [0.29, 0.717) is 11.1 Å². The van der Waals surface area contributed by atoms with Crippen LogP contribution < -0.4 is 38.5 Å². The van der Waals surface area contributed by atoms with Crippen molar-refractivity contribution in [2.75, 3.05) is 16.3 Å². The van der Waals surface area contributed by atoms with Gasteiger partial charge in [-0.3, -0.25) is 17.5 Å². The number of ether oxygens (including phenoxy) is 2. The summed E-state index contributed by atoms with van der Waals surface area (Å²) in [4.78, 5) is 13.3. The number of hydrogen-bond donors (Lipinski definition) is 8. The third kappa shape index (κ3) is 2.38. The zero-order valence-corrected chi connectivity index (χ0v) is 16.9. The average molecular weight is 457 g/mol. The van der Waals surface area contributed by atoms with Crippen LogP contribution in [0.2, 0.25) is 5.02 Å². The van der Waals surface area contributed by atoms with Crippen molar-refractivity contribution in [2.24, 2.45) is 17.5 Å². The molecule has 0 aliphatic carbocycles. The van der Waals surface area contributed by atoms with E-state index in [2.05, 4.69) is 16.3 Å². The summed E-state index contributed by atoms with van der Waals surface area (Å²) in [7, 11) is 0. The Hall–Kier alpha value is -3.90. The maximum Gasteiger partial charge on any atom is 0.342 e. The number of carbonyl (C=O) groups is 1. The number of hydrazine groups is 3. The van der Waals surface area contributed by atoms with Crippen molar-refractivity contribution in [3.63, 3.8) is 0 Å². The van der Waals surface area contributed by atoms with Crippen LogP contribution in [0.5, 0.6) is 23.0 Å². The number of fused-ring (bicyclic) bond motifs is 6. The molecule has 5 rings (SSSR count). The van der Waals surface area contributed by atoms with Crippen LogP contribution in [-0.2, 0) is 10.3 Å². The first kappa shape index (κ1) is 20.0. The van der Waals surface area contributed by atoms with Gasteiger partial charge < -0.3 is 36.0 Å². The van der Waals surface area contributed by atoms with Gasteiger partial charge in [0, 0.05) is 28.8 Å².